The highest BCUT2D eigenvalue weighted by Gasteiger charge is 2.19. The number of allylic oxidation sites excluding steroid dienone is 2. The summed E-state index contributed by atoms with van der Waals surface area (Å²) in [6.45, 7) is 6.66. The fourth-order valence-electron chi connectivity index (χ4n) is 8.32. The molecule has 0 aromatic heterocycles. The van der Waals surface area contributed by atoms with Crippen molar-refractivity contribution in [2.75, 3.05) is 13.2 Å². The Balaban J connectivity index is 4.27. The fourth-order valence-corrected chi connectivity index (χ4v) is 8.32. The molecular weight excluding hydrogens is 769 g/mol. The SMILES string of the molecule is CCCCCCC/C=C\CCCCCCCC(=O)O[C@H](COC(=O)CCCCCCCCCCCCC)COC(=O)CCCCCCCCCCCCCCCCCCCCC. The number of esters is 3. The summed E-state index contributed by atoms with van der Waals surface area (Å²) in [5.74, 6) is -0.857. The highest BCUT2D eigenvalue weighted by molar-refractivity contribution is 5.71. The highest BCUT2D eigenvalue weighted by atomic mass is 16.6. The quantitative estimate of drug-likeness (QED) is 0.0262. The molecule has 0 heterocycles. The Labute approximate surface area is 386 Å². The summed E-state index contributed by atoms with van der Waals surface area (Å²) in [7, 11) is 0. The molecular formula is C56H106O6. The molecule has 0 aromatic carbocycles. The van der Waals surface area contributed by atoms with Gasteiger partial charge in [0.15, 0.2) is 6.10 Å². The van der Waals surface area contributed by atoms with Crippen LogP contribution in [0.1, 0.15) is 310 Å². The second-order valence-electron chi connectivity index (χ2n) is 18.9. The van der Waals surface area contributed by atoms with Crippen LogP contribution < -0.4 is 0 Å². The Bertz CT molecular complexity index is 962. The van der Waals surface area contributed by atoms with E-state index in [9.17, 15) is 14.4 Å². The molecule has 0 saturated heterocycles. The fraction of sp³-hybridized carbons (Fsp3) is 0.911. The highest BCUT2D eigenvalue weighted by Crippen LogP contribution is 2.17. The molecule has 0 spiro atoms. The largest absolute Gasteiger partial charge is 0.462 e. The minimum absolute atomic E-state index is 0.0678. The molecule has 0 amide bonds. The zero-order valence-corrected chi connectivity index (χ0v) is 41.9. The third kappa shape index (κ3) is 49.2. The first kappa shape index (κ1) is 60.2. The van der Waals surface area contributed by atoms with E-state index in [0.717, 1.165) is 64.2 Å². The van der Waals surface area contributed by atoms with Gasteiger partial charge in [-0.2, -0.15) is 0 Å². The van der Waals surface area contributed by atoms with E-state index < -0.39 is 6.10 Å². The van der Waals surface area contributed by atoms with Gasteiger partial charge in [0.25, 0.3) is 0 Å². The normalized spacial score (nSPS) is 12.0. The van der Waals surface area contributed by atoms with Crippen LogP contribution in [0.2, 0.25) is 0 Å². The lowest BCUT2D eigenvalue weighted by atomic mass is 10.0. The zero-order chi connectivity index (χ0) is 45.1. The molecule has 6 heteroatoms. The molecule has 0 fully saturated rings. The molecule has 0 radical (unpaired) electrons. The summed E-state index contributed by atoms with van der Waals surface area (Å²) in [5.41, 5.74) is 0. The second-order valence-corrected chi connectivity index (χ2v) is 18.9. The number of rotatable bonds is 51. The topological polar surface area (TPSA) is 78.9 Å². The van der Waals surface area contributed by atoms with E-state index >= 15 is 0 Å². The van der Waals surface area contributed by atoms with E-state index in [2.05, 4.69) is 32.9 Å². The maximum absolute atomic E-state index is 12.8. The molecule has 366 valence electrons. The molecule has 0 bridgehead atoms. The van der Waals surface area contributed by atoms with E-state index in [1.807, 2.05) is 0 Å². The number of hydrogen-bond donors (Lipinski definition) is 0. The third-order valence-corrected chi connectivity index (χ3v) is 12.5. The van der Waals surface area contributed by atoms with Crippen LogP contribution in [0.3, 0.4) is 0 Å². The second kappa shape index (κ2) is 51.8. The van der Waals surface area contributed by atoms with Gasteiger partial charge in [-0.05, 0) is 44.9 Å². The molecule has 0 rings (SSSR count). The Morgan fingerprint density at radius 1 is 0.306 bits per heavy atom. The molecule has 0 aliphatic rings. The van der Waals surface area contributed by atoms with Crippen molar-refractivity contribution in [2.45, 2.75) is 316 Å². The average molecular weight is 875 g/mol. The van der Waals surface area contributed by atoms with Crippen molar-refractivity contribution in [3.63, 3.8) is 0 Å². The van der Waals surface area contributed by atoms with Crippen LogP contribution in [0.5, 0.6) is 0 Å². The predicted molar refractivity (Wildman–Crippen MR) is 266 cm³/mol. The Morgan fingerprint density at radius 2 is 0.532 bits per heavy atom. The number of carbonyl (C=O) groups is 3. The summed E-state index contributed by atoms with van der Waals surface area (Å²) in [6, 6.07) is 0. The monoisotopic (exact) mass is 875 g/mol. The van der Waals surface area contributed by atoms with Gasteiger partial charge in [0.1, 0.15) is 13.2 Å². The standard InChI is InChI=1S/C56H106O6/c1-4-7-10-13-16-19-22-24-26-27-28-29-30-32-34-37-40-43-46-49-55(58)61-52-53(51-60-54(57)48-45-42-39-36-33-21-18-15-12-9-6-3)62-56(59)50-47-44-41-38-35-31-25-23-20-17-14-11-8-5-2/h23,25,53H,4-22,24,26-52H2,1-3H3/b25-23-/t53-/m1/s1. The van der Waals surface area contributed by atoms with E-state index in [1.54, 1.807) is 0 Å². The lowest BCUT2D eigenvalue weighted by Crippen LogP contribution is -2.30. The van der Waals surface area contributed by atoms with Gasteiger partial charge in [0, 0.05) is 19.3 Å². The van der Waals surface area contributed by atoms with Crippen LogP contribution in [0.25, 0.3) is 0 Å². The van der Waals surface area contributed by atoms with Crippen LogP contribution in [0.4, 0.5) is 0 Å². The van der Waals surface area contributed by atoms with Crippen LogP contribution >= 0.6 is 0 Å². The molecule has 0 unspecified atom stereocenters. The lowest BCUT2D eigenvalue weighted by molar-refractivity contribution is -0.167. The molecule has 0 aromatic rings. The molecule has 0 N–H and O–H groups in total. The summed E-state index contributed by atoms with van der Waals surface area (Å²) < 4.78 is 16.8. The molecule has 0 aliphatic carbocycles. The van der Waals surface area contributed by atoms with Crippen LogP contribution in [-0.2, 0) is 28.6 Å². The van der Waals surface area contributed by atoms with Gasteiger partial charge in [-0.1, -0.05) is 258 Å². The first-order valence-electron chi connectivity index (χ1n) is 27.7. The Morgan fingerprint density at radius 3 is 0.806 bits per heavy atom. The van der Waals surface area contributed by atoms with Gasteiger partial charge in [0.2, 0.25) is 0 Å². The lowest BCUT2D eigenvalue weighted by Gasteiger charge is -2.18. The summed E-state index contributed by atoms with van der Waals surface area (Å²) in [5, 5.41) is 0. The summed E-state index contributed by atoms with van der Waals surface area (Å²) >= 11 is 0. The van der Waals surface area contributed by atoms with Crippen molar-refractivity contribution in [1.29, 1.82) is 0 Å². The van der Waals surface area contributed by atoms with Gasteiger partial charge in [-0.15, -0.1) is 0 Å². The zero-order valence-electron chi connectivity index (χ0n) is 41.9. The molecule has 6 nitrogen and oxygen atoms in total. The maximum atomic E-state index is 12.8. The Hall–Kier alpha value is -1.85. The van der Waals surface area contributed by atoms with Crippen LogP contribution in [0.15, 0.2) is 12.2 Å². The van der Waals surface area contributed by atoms with Gasteiger partial charge in [-0.3, -0.25) is 14.4 Å². The first-order valence-corrected chi connectivity index (χ1v) is 27.7. The molecule has 1 atom stereocenters. The number of hydrogen-bond acceptors (Lipinski definition) is 6. The molecule has 0 saturated carbocycles. The summed E-state index contributed by atoms with van der Waals surface area (Å²) in [6.07, 6.45) is 57.7. The van der Waals surface area contributed by atoms with E-state index in [1.165, 1.54) is 205 Å². The average Bonchev–Trinajstić information content (AvgIpc) is 3.27. The number of ether oxygens (including phenoxy) is 3. The van der Waals surface area contributed by atoms with Gasteiger partial charge in [0.05, 0.1) is 0 Å². The van der Waals surface area contributed by atoms with Crippen LogP contribution in [0, 0.1) is 0 Å². The van der Waals surface area contributed by atoms with Crippen molar-refractivity contribution in [3.8, 4) is 0 Å². The predicted octanol–water partition coefficient (Wildman–Crippen LogP) is 18.2. The molecule has 62 heavy (non-hydrogen) atoms. The van der Waals surface area contributed by atoms with E-state index in [-0.39, 0.29) is 31.1 Å². The van der Waals surface area contributed by atoms with Crippen molar-refractivity contribution in [1.82, 2.24) is 0 Å². The van der Waals surface area contributed by atoms with Crippen molar-refractivity contribution < 1.29 is 28.6 Å². The number of carbonyl (C=O) groups excluding carboxylic acids is 3. The van der Waals surface area contributed by atoms with Crippen LogP contribution in [-0.4, -0.2) is 37.2 Å². The minimum Gasteiger partial charge on any atom is -0.462 e. The summed E-state index contributed by atoms with van der Waals surface area (Å²) in [4.78, 5) is 38.0. The van der Waals surface area contributed by atoms with E-state index in [4.69, 9.17) is 14.2 Å². The maximum Gasteiger partial charge on any atom is 0.306 e. The molecule has 0 aliphatic heterocycles. The van der Waals surface area contributed by atoms with Crippen molar-refractivity contribution >= 4 is 17.9 Å². The van der Waals surface area contributed by atoms with E-state index in [0.29, 0.717) is 19.3 Å². The van der Waals surface area contributed by atoms with Crippen molar-refractivity contribution in [3.05, 3.63) is 12.2 Å². The van der Waals surface area contributed by atoms with Gasteiger partial charge in [-0.25, -0.2) is 0 Å². The minimum atomic E-state index is -0.767. The van der Waals surface area contributed by atoms with Gasteiger partial charge >= 0.3 is 17.9 Å². The Kier molecular flexibility index (Phi) is 50.2. The first-order chi connectivity index (χ1) is 30.5. The third-order valence-electron chi connectivity index (χ3n) is 12.5. The van der Waals surface area contributed by atoms with Gasteiger partial charge < -0.3 is 14.2 Å². The number of unbranched alkanes of at least 4 members (excludes halogenated alkanes) is 38. The smallest absolute Gasteiger partial charge is 0.306 e. The van der Waals surface area contributed by atoms with Crippen molar-refractivity contribution in [2.24, 2.45) is 0 Å².